The molecular weight excluding hydrogens is 393 g/mol. The zero-order valence-electron chi connectivity index (χ0n) is 15.0. The quantitative estimate of drug-likeness (QED) is 0.711. The summed E-state index contributed by atoms with van der Waals surface area (Å²) in [5.41, 5.74) is 0.295. The van der Waals surface area contributed by atoms with Gasteiger partial charge in [0.25, 0.3) is 11.8 Å². The van der Waals surface area contributed by atoms with E-state index in [1.54, 1.807) is 9.80 Å². The van der Waals surface area contributed by atoms with Gasteiger partial charge in [-0.05, 0) is 12.1 Å². The van der Waals surface area contributed by atoms with Crippen molar-refractivity contribution in [2.45, 2.75) is 13.8 Å². The van der Waals surface area contributed by atoms with E-state index in [2.05, 4.69) is 0 Å². The Morgan fingerprint density at radius 1 is 0.926 bits per heavy atom. The molecule has 7 nitrogen and oxygen atoms in total. The molecule has 2 aliphatic rings. The minimum Gasteiger partial charge on any atom is -0.339 e. The van der Waals surface area contributed by atoms with Crippen LogP contribution in [0, 0.1) is 5.92 Å². The van der Waals surface area contributed by atoms with Gasteiger partial charge < -0.3 is 9.80 Å². The fourth-order valence-corrected chi connectivity index (χ4v) is 3.53. The zero-order chi connectivity index (χ0) is 19.9. The number of halogens is 2. The number of imide groups is 1. The SMILES string of the molecule is CC(C)C(=O)N1CCN(C(=O)CN2C(=O)c3cc(Cl)c(Cl)cc3C2=O)CC1. The Morgan fingerprint density at radius 3 is 1.81 bits per heavy atom. The predicted octanol–water partition coefficient (Wildman–Crippen LogP) is 1.92. The third-order valence-corrected chi connectivity index (χ3v) is 5.47. The molecule has 0 saturated carbocycles. The highest BCUT2D eigenvalue weighted by Crippen LogP contribution is 2.31. The molecule has 1 fully saturated rings. The lowest BCUT2D eigenvalue weighted by Crippen LogP contribution is -2.53. The van der Waals surface area contributed by atoms with Gasteiger partial charge in [0.1, 0.15) is 6.54 Å². The number of hydrogen-bond donors (Lipinski definition) is 0. The molecule has 0 bridgehead atoms. The fourth-order valence-electron chi connectivity index (χ4n) is 3.20. The predicted molar refractivity (Wildman–Crippen MR) is 99.8 cm³/mol. The van der Waals surface area contributed by atoms with Gasteiger partial charge in [-0.2, -0.15) is 0 Å². The zero-order valence-corrected chi connectivity index (χ0v) is 16.5. The van der Waals surface area contributed by atoms with Crippen LogP contribution < -0.4 is 0 Å². The van der Waals surface area contributed by atoms with E-state index in [0.29, 0.717) is 26.2 Å². The van der Waals surface area contributed by atoms with Crippen LogP contribution in [0.4, 0.5) is 0 Å². The Kier molecular flexibility index (Phi) is 5.44. The normalized spacial score (nSPS) is 17.0. The molecule has 0 N–H and O–H groups in total. The lowest BCUT2D eigenvalue weighted by Gasteiger charge is -2.36. The fraction of sp³-hybridized carbons (Fsp3) is 0.444. The molecule has 2 heterocycles. The maximum Gasteiger partial charge on any atom is 0.262 e. The molecule has 0 radical (unpaired) electrons. The molecule has 2 aliphatic heterocycles. The van der Waals surface area contributed by atoms with Crippen molar-refractivity contribution in [2.75, 3.05) is 32.7 Å². The number of carbonyl (C=O) groups excluding carboxylic acids is 4. The van der Waals surface area contributed by atoms with Crippen LogP contribution >= 0.6 is 23.2 Å². The smallest absolute Gasteiger partial charge is 0.262 e. The van der Waals surface area contributed by atoms with Crippen molar-refractivity contribution in [3.8, 4) is 0 Å². The average Bonchev–Trinajstić information content (AvgIpc) is 2.86. The molecule has 1 saturated heterocycles. The third kappa shape index (κ3) is 3.66. The Balaban J connectivity index is 1.65. The minimum absolute atomic E-state index is 0.0520. The van der Waals surface area contributed by atoms with Crippen molar-refractivity contribution in [1.29, 1.82) is 0 Å². The molecule has 9 heteroatoms. The van der Waals surface area contributed by atoms with Gasteiger partial charge >= 0.3 is 0 Å². The molecule has 0 aromatic heterocycles. The second-order valence-electron chi connectivity index (χ2n) is 6.87. The Morgan fingerprint density at radius 2 is 1.37 bits per heavy atom. The van der Waals surface area contributed by atoms with Crippen molar-refractivity contribution < 1.29 is 19.2 Å². The van der Waals surface area contributed by atoms with Crippen LogP contribution in [0.3, 0.4) is 0 Å². The molecule has 0 aliphatic carbocycles. The van der Waals surface area contributed by atoms with Crippen LogP contribution in [-0.4, -0.2) is 71.1 Å². The summed E-state index contributed by atoms with van der Waals surface area (Å²) in [5, 5.41) is 0.353. The van der Waals surface area contributed by atoms with Crippen LogP contribution in [0.2, 0.25) is 10.0 Å². The molecule has 27 heavy (non-hydrogen) atoms. The highest BCUT2D eigenvalue weighted by Gasteiger charge is 2.38. The summed E-state index contributed by atoms with van der Waals surface area (Å²) in [6.45, 7) is 4.95. The average molecular weight is 412 g/mol. The van der Waals surface area contributed by atoms with Crippen LogP contribution in [0.5, 0.6) is 0 Å². The lowest BCUT2D eigenvalue weighted by molar-refractivity contribution is -0.141. The second kappa shape index (κ2) is 7.48. The number of piperazine rings is 1. The largest absolute Gasteiger partial charge is 0.339 e. The number of fused-ring (bicyclic) bond motifs is 1. The number of amides is 4. The topological polar surface area (TPSA) is 78.0 Å². The number of benzene rings is 1. The van der Waals surface area contributed by atoms with E-state index in [1.807, 2.05) is 13.8 Å². The lowest BCUT2D eigenvalue weighted by atomic mass is 10.1. The molecule has 0 unspecified atom stereocenters. The summed E-state index contributed by atoms with van der Waals surface area (Å²) in [6, 6.07) is 2.69. The second-order valence-corrected chi connectivity index (χ2v) is 7.68. The monoisotopic (exact) mass is 411 g/mol. The highest BCUT2D eigenvalue weighted by atomic mass is 35.5. The van der Waals surface area contributed by atoms with E-state index < -0.39 is 11.8 Å². The van der Waals surface area contributed by atoms with E-state index in [9.17, 15) is 19.2 Å². The summed E-state index contributed by atoms with van der Waals surface area (Å²) in [6.07, 6.45) is 0. The summed E-state index contributed by atoms with van der Waals surface area (Å²) >= 11 is 11.8. The van der Waals surface area contributed by atoms with E-state index in [0.717, 1.165) is 4.90 Å². The number of carbonyl (C=O) groups is 4. The standard InChI is InChI=1S/C18H19Cl2N3O4/c1-10(2)16(25)22-5-3-21(4-6-22)15(24)9-23-17(26)11-7-13(19)14(20)8-12(11)18(23)27/h7-8,10H,3-6,9H2,1-2H3. The first kappa shape index (κ1) is 19.6. The van der Waals surface area contributed by atoms with Gasteiger partial charge in [-0.25, -0.2) is 0 Å². The van der Waals surface area contributed by atoms with Crippen molar-refractivity contribution in [3.63, 3.8) is 0 Å². The first-order chi connectivity index (χ1) is 12.7. The highest BCUT2D eigenvalue weighted by molar-refractivity contribution is 6.43. The van der Waals surface area contributed by atoms with E-state index in [-0.39, 0.29) is 45.4 Å². The molecule has 1 aromatic carbocycles. The van der Waals surface area contributed by atoms with Gasteiger partial charge in [0.2, 0.25) is 11.8 Å². The molecule has 3 rings (SSSR count). The van der Waals surface area contributed by atoms with Gasteiger partial charge in [0.15, 0.2) is 0 Å². The molecule has 0 spiro atoms. The Labute approximate surface area is 166 Å². The number of rotatable bonds is 3. The first-order valence-corrected chi connectivity index (χ1v) is 9.38. The van der Waals surface area contributed by atoms with Gasteiger partial charge in [-0.1, -0.05) is 37.0 Å². The van der Waals surface area contributed by atoms with Crippen molar-refractivity contribution >= 4 is 46.8 Å². The molecule has 144 valence electrons. The van der Waals surface area contributed by atoms with Crippen LogP contribution in [0.1, 0.15) is 34.6 Å². The summed E-state index contributed by atoms with van der Waals surface area (Å²) in [7, 11) is 0. The van der Waals surface area contributed by atoms with Crippen molar-refractivity contribution in [3.05, 3.63) is 33.3 Å². The van der Waals surface area contributed by atoms with E-state index in [1.165, 1.54) is 12.1 Å². The van der Waals surface area contributed by atoms with Crippen molar-refractivity contribution in [1.82, 2.24) is 14.7 Å². The van der Waals surface area contributed by atoms with Crippen LogP contribution in [-0.2, 0) is 9.59 Å². The minimum atomic E-state index is -0.560. The van der Waals surface area contributed by atoms with E-state index in [4.69, 9.17) is 23.2 Å². The van der Waals surface area contributed by atoms with Gasteiger partial charge in [-0.15, -0.1) is 0 Å². The van der Waals surface area contributed by atoms with E-state index >= 15 is 0 Å². The van der Waals surface area contributed by atoms with Gasteiger partial charge in [-0.3, -0.25) is 24.1 Å². The van der Waals surface area contributed by atoms with Crippen LogP contribution in [0.15, 0.2) is 12.1 Å². The molecule has 1 aromatic rings. The Hall–Kier alpha value is -2.12. The van der Waals surface area contributed by atoms with Crippen LogP contribution in [0.25, 0.3) is 0 Å². The third-order valence-electron chi connectivity index (χ3n) is 4.74. The maximum atomic E-state index is 12.6. The summed E-state index contributed by atoms with van der Waals surface area (Å²) in [4.78, 5) is 53.8. The number of hydrogen-bond acceptors (Lipinski definition) is 4. The Bertz CT molecular complexity index is 791. The first-order valence-electron chi connectivity index (χ1n) is 8.62. The molecule has 0 atom stereocenters. The van der Waals surface area contributed by atoms with Gasteiger partial charge in [0.05, 0.1) is 21.2 Å². The maximum absolute atomic E-state index is 12.6. The molecular formula is C18H19Cl2N3O4. The summed E-state index contributed by atoms with van der Waals surface area (Å²) < 4.78 is 0. The molecule has 4 amide bonds. The number of nitrogens with zero attached hydrogens (tertiary/aromatic N) is 3. The van der Waals surface area contributed by atoms with Crippen molar-refractivity contribution in [2.24, 2.45) is 5.92 Å². The summed E-state index contributed by atoms with van der Waals surface area (Å²) in [5.74, 6) is -1.50. The van der Waals surface area contributed by atoms with Gasteiger partial charge in [0, 0.05) is 32.1 Å².